The third-order valence-electron chi connectivity index (χ3n) is 2.88. The first-order valence-corrected chi connectivity index (χ1v) is 6.94. The van der Waals surface area contributed by atoms with Crippen LogP contribution in [0.2, 0.25) is 0 Å². The number of nitrogens with zero attached hydrogens (tertiary/aromatic N) is 4. The first-order chi connectivity index (χ1) is 9.52. The summed E-state index contributed by atoms with van der Waals surface area (Å²) in [5.74, 6) is 0. The maximum Gasteiger partial charge on any atom is 0.271 e. The Labute approximate surface area is 124 Å². The predicted octanol–water partition coefficient (Wildman–Crippen LogP) is 2.74. The molecule has 2 N–H and O–H groups in total. The number of rotatable bonds is 5. The van der Waals surface area contributed by atoms with E-state index in [9.17, 15) is 10.1 Å². The zero-order chi connectivity index (χ0) is 14.7. The van der Waals surface area contributed by atoms with Crippen LogP contribution < -0.4 is 5.73 Å². The maximum absolute atomic E-state index is 10.8. The van der Waals surface area contributed by atoms with Gasteiger partial charge in [0.1, 0.15) is 0 Å². The van der Waals surface area contributed by atoms with Crippen molar-refractivity contribution in [1.29, 1.82) is 0 Å². The van der Waals surface area contributed by atoms with Crippen LogP contribution in [0.15, 0.2) is 28.9 Å². The lowest BCUT2D eigenvalue weighted by Crippen LogP contribution is -2.10. The first kappa shape index (κ1) is 14.6. The van der Waals surface area contributed by atoms with E-state index in [0.29, 0.717) is 15.9 Å². The molecule has 1 aromatic carbocycles. The van der Waals surface area contributed by atoms with E-state index in [-0.39, 0.29) is 11.7 Å². The number of non-ortho nitro benzene ring substituents is 1. The van der Waals surface area contributed by atoms with E-state index < -0.39 is 4.92 Å². The normalized spacial score (nSPS) is 12.3. The van der Waals surface area contributed by atoms with Gasteiger partial charge in [0, 0.05) is 16.6 Å². The molecule has 0 aliphatic rings. The number of hydrogen-bond donors (Lipinski definition) is 1. The van der Waals surface area contributed by atoms with Crippen LogP contribution >= 0.6 is 15.9 Å². The molecule has 0 aliphatic heterocycles. The minimum absolute atomic E-state index is 0.00175. The first-order valence-electron chi connectivity index (χ1n) is 6.15. The molecule has 106 valence electrons. The van der Waals surface area contributed by atoms with E-state index in [1.54, 1.807) is 12.3 Å². The van der Waals surface area contributed by atoms with Gasteiger partial charge in [-0.3, -0.25) is 10.1 Å². The molecule has 0 saturated heterocycles. The van der Waals surface area contributed by atoms with Crippen LogP contribution in [0.5, 0.6) is 0 Å². The molecule has 20 heavy (non-hydrogen) atoms. The van der Waals surface area contributed by atoms with Crippen molar-refractivity contribution < 1.29 is 4.92 Å². The summed E-state index contributed by atoms with van der Waals surface area (Å²) in [4.78, 5) is 10.4. The van der Waals surface area contributed by atoms with Gasteiger partial charge in [-0.15, -0.1) is 5.10 Å². The van der Waals surface area contributed by atoms with Crippen molar-refractivity contribution in [3.05, 3.63) is 44.7 Å². The van der Waals surface area contributed by atoms with Gasteiger partial charge in [-0.25, -0.2) is 4.68 Å². The van der Waals surface area contributed by atoms with Gasteiger partial charge in [0.25, 0.3) is 5.69 Å². The average Bonchev–Trinajstić information content (AvgIpc) is 2.88. The third-order valence-corrected chi connectivity index (χ3v) is 3.55. The van der Waals surface area contributed by atoms with Gasteiger partial charge in [-0.2, -0.15) is 0 Å². The van der Waals surface area contributed by atoms with E-state index >= 15 is 0 Å². The summed E-state index contributed by atoms with van der Waals surface area (Å²) in [6.07, 6.45) is 3.47. The standard InChI is InChI=1S/C12H14BrN5O2/c1-2-3-10(14)11-7-17(16-15-11)12-6-8(18(19)20)4-5-9(12)13/h4-7,10H,2-3,14H2,1H3. The number of nitro benzene ring substituents is 1. The summed E-state index contributed by atoms with van der Waals surface area (Å²) in [6.45, 7) is 2.04. The molecule has 0 aliphatic carbocycles. The van der Waals surface area contributed by atoms with E-state index in [4.69, 9.17) is 5.73 Å². The molecule has 1 unspecified atom stereocenters. The van der Waals surface area contributed by atoms with E-state index in [2.05, 4.69) is 26.2 Å². The second kappa shape index (κ2) is 6.10. The number of benzene rings is 1. The fourth-order valence-electron chi connectivity index (χ4n) is 1.81. The summed E-state index contributed by atoms with van der Waals surface area (Å²) < 4.78 is 2.19. The smallest absolute Gasteiger partial charge is 0.271 e. The van der Waals surface area contributed by atoms with Gasteiger partial charge in [-0.05, 0) is 28.4 Å². The highest BCUT2D eigenvalue weighted by molar-refractivity contribution is 9.10. The zero-order valence-corrected chi connectivity index (χ0v) is 12.4. The lowest BCUT2D eigenvalue weighted by atomic mass is 10.1. The van der Waals surface area contributed by atoms with Gasteiger partial charge in [0.2, 0.25) is 0 Å². The van der Waals surface area contributed by atoms with Gasteiger partial charge in [-0.1, -0.05) is 18.6 Å². The quantitative estimate of drug-likeness (QED) is 0.666. The Hall–Kier alpha value is -1.80. The van der Waals surface area contributed by atoms with Crippen LogP contribution in [0.3, 0.4) is 0 Å². The number of nitrogens with two attached hydrogens (primary N) is 1. The van der Waals surface area contributed by atoms with Crippen LogP contribution in [-0.4, -0.2) is 19.9 Å². The molecule has 1 heterocycles. The highest BCUT2D eigenvalue weighted by atomic mass is 79.9. The van der Waals surface area contributed by atoms with Crippen molar-refractivity contribution in [1.82, 2.24) is 15.0 Å². The molecule has 0 radical (unpaired) electrons. The molecule has 1 aromatic heterocycles. The molecular weight excluding hydrogens is 326 g/mol. The molecular formula is C12H14BrN5O2. The van der Waals surface area contributed by atoms with Crippen molar-refractivity contribution in [2.45, 2.75) is 25.8 Å². The molecule has 8 heteroatoms. The molecule has 0 amide bonds. The summed E-state index contributed by atoms with van der Waals surface area (Å²) in [5, 5.41) is 18.8. The Kier molecular flexibility index (Phi) is 4.46. The van der Waals surface area contributed by atoms with Crippen molar-refractivity contribution >= 4 is 21.6 Å². The third kappa shape index (κ3) is 3.02. The molecule has 2 aromatic rings. The summed E-state index contributed by atoms with van der Waals surface area (Å²) >= 11 is 3.35. The number of halogens is 1. The summed E-state index contributed by atoms with van der Waals surface area (Å²) in [6, 6.07) is 4.30. The van der Waals surface area contributed by atoms with Crippen molar-refractivity contribution in [3.63, 3.8) is 0 Å². The van der Waals surface area contributed by atoms with E-state index in [1.807, 2.05) is 6.92 Å². The second-order valence-corrected chi connectivity index (χ2v) is 5.23. The minimum Gasteiger partial charge on any atom is -0.323 e. The van der Waals surface area contributed by atoms with Crippen molar-refractivity contribution in [2.75, 3.05) is 0 Å². The SMILES string of the molecule is CCCC(N)c1cn(-c2cc([N+](=O)[O-])ccc2Br)nn1. The zero-order valence-electron chi connectivity index (χ0n) is 10.9. The van der Waals surface area contributed by atoms with Gasteiger partial charge in [0.05, 0.1) is 28.5 Å². The van der Waals surface area contributed by atoms with Gasteiger partial charge >= 0.3 is 0 Å². The Morgan fingerprint density at radius 1 is 1.55 bits per heavy atom. The van der Waals surface area contributed by atoms with Crippen LogP contribution in [0.25, 0.3) is 5.69 Å². The fourth-order valence-corrected chi connectivity index (χ4v) is 2.24. The maximum atomic E-state index is 10.8. The lowest BCUT2D eigenvalue weighted by molar-refractivity contribution is -0.384. The van der Waals surface area contributed by atoms with Crippen LogP contribution in [0, 0.1) is 10.1 Å². The Bertz CT molecular complexity index is 628. The predicted molar refractivity (Wildman–Crippen MR) is 77.5 cm³/mol. The topological polar surface area (TPSA) is 99.9 Å². The van der Waals surface area contributed by atoms with Crippen molar-refractivity contribution in [3.8, 4) is 5.69 Å². The second-order valence-electron chi connectivity index (χ2n) is 4.38. The van der Waals surface area contributed by atoms with E-state index in [1.165, 1.54) is 16.8 Å². The van der Waals surface area contributed by atoms with Crippen LogP contribution in [0.4, 0.5) is 5.69 Å². The highest BCUT2D eigenvalue weighted by Crippen LogP contribution is 2.26. The minimum atomic E-state index is -0.448. The molecule has 2 rings (SSSR count). The molecule has 0 bridgehead atoms. The molecule has 0 saturated carbocycles. The van der Waals surface area contributed by atoms with Gasteiger partial charge < -0.3 is 5.73 Å². The van der Waals surface area contributed by atoms with E-state index in [0.717, 1.165) is 12.8 Å². The summed E-state index contributed by atoms with van der Waals surface area (Å²) in [7, 11) is 0. The molecule has 7 nitrogen and oxygen atoms in total. The average molecular weight is 340 g/mol. The number of nitro groups is 1. The van der Waals surface area contributed by atoms with Crippen LogP contribution in [0.1, 0.15) is 31.5 Å². The molecule has 1 atom stereocenters. The number of aromatic nitrogens is 3. The Morgan fingerprint density at radius 2 is 2.30 bits per heavy atom. The Balaban J connectivity index is 2.36. The highest BCUT2D eigenvalue weighted by Gasteiger charge is 2.14. The summed E-state index contributed by atoms with van der Waals surface area (Å²) in [5.41, 5.74) is 7.20. The molecule has 0 fully saturated rings. The fraction of sp³-hybridized carbons (Fsp3) is 0.333. The lowest BCUT2D eigenvalue weighted by Gasteiger charge is -2.05. The van der Waals surface area contributed by atoms with Gasteiger partial charge in [0.15, 0.2) is 0 Å². The Morgan fingerprint density at radius 3 is 2.95 bits per heavy atom. The van der Waals surface area contributed by atoms with Crippen LogP contribution in [-0.2, 0) is 0 Å². The monoisotopic (exact) mass is 339 g/mol. The molecule has 0 spiro atoms. The largest absolute Gasteiger partial charge is 0.323 e. The van der Waals surface area contributed by atoms with Crippen molar-refractivity contribution in [2.24, 2.45) is 5.73 Å². The number of hydrogen-bond acceptors (Lipinski definition) is 5.